The van der Waals surface area contributed by atoms with Crippen LogP contribution in [0.25, 0.3) is 0 Å². The summed E-state index contributed by atoms with van der Waals surface area (Å²) < 4.78 is 58.6. The molecule has 1 aliphatic rings. The summed E-state index contributed by atoms with van der Waals surface area (Å²) in [6.07, 6.45) is -4.31. The van der Waals surface area contributed by atoms with Gasteiger partial charge in [-0.3, -0.25) is 14.9 Å². The van der Waals surface area contributed by atoms with E-state index in [0.717, 1.165) is 36.6 Å². The average Bonchev–Trinajstić information content (AvgIpc) is 3.16. The van der Waals surface area contributed by atoms with Crippen molar-refractivity contribution in [3.8, 4) is 0 Å². The number of imide groups is 1. The van der Waals surface area contributed by atoms with E-state index in [2.05, 4.69) is 0 Å². The van der Waals surface area contributed by atoms with Gasteiger partial charge in [-0.1, -0.05) is 0 Å². The molecule has 4 amide bonds. The first-order valence-electron chi connectivity index (χ1n) is 7.01. The van der Waals surface area contributed by atoms with Crippen LogP contribution in [0.3, 0.4) is 0 Å². The number of hydrogen-bond donors (Lipinski definition) is 2. The molecule has 11 heteroatoms. The summed E-state index contributed by atoms with van der Waals surface area (Å²) in [7, 11) is 0. The molecule has 1 aliphatic heterocycles. The molecule has 0 saturated carbocycles. The summed E-state index contributed by atoms with van der Waals surface area (Å²) in [6.45, 7) is 0. The van der Waals surface area contributed by atoms with E-state index in [1.54, 1.807) is 0 Å². The fraction of sp³-hybridized carbons (Fsp3) is 0.133. The molecule has 1 fully saturated rings. The highest BCUT2D eigenvalue weighted by atomic mass is 19.4. The lowest BCUT2D eigenvalue weighted by Gasteiger charge is -2.29. The largest absolute Gasteiger partial charge is 0.459 e. The minimum absolute atomic E-state index is 0.162. The number of furan rings is 1. The van der Waals surface area contributed by atoms with Gasteiger partial charge in [0, 0.05) is 0 Å². The molecule has 2 N–H and O–H groups in total. The van der Waals surface area contributed by atoms with E-state index >= 15 is 0 Å². The monoisotopic (exact) mass is 371 g/mol. The van der Waals surface area contributed by atoms with Gasteiger partial charge in [-0.25, -0.2) is 14.1 Å². The van der Waals surface area contributed by atoms with E-state index in [4.69, 9.17) is 4.42 Å². The number of alkyl halides is 3. The summed E-state index contributed by atoms with van der Waals surface area (Å²) in [5.74, 6) is -4.35. The molecule has 1 saturated heterocycles. The molecule has 2 heterocycles. The molecule has 0 unspecified atom stereocenters. The molecule has 136 valence electrons. The molecule has 26 heavy (non-hydrogen) atoms. The second kappa shape index (κ2) is 5.86. The zero-order chi connectivity index (χ0) is 19.1. The van der Waals surface area contributed by atoms with Crippen molar-refractivity contribution in [3.05, 3.63) is 54.2 Å². The lowest BCUT2D eigenvalue weighted by atomic mass is 10.1. The number of benzene rings is 1. The average molecular weight is 371 g/mol. The molecule has 7 nitrogen and oxygen atoms in total. The van der Waals surface area contributed by atoms with Crippen molar-refractivity contribution in [1.29, 1.82) is 0 Å². The second-order valence-electron chi connectivity index (χ2n) is 5.23. The van der Waals surface area contributed by atoms with E-state index in [1.807, 2.05) is 0 Å². The topological polar surface area (TPSA) is 91.7 Å². The van der Waals surface area contributed by atoms with Crippen LogP contribution in [0, 0.1) is 5.82 Å². The fourth-order valence-corrected chi connectivity index (χ4v) is 2.34. The number of hydrogen-bond acceptors (Lipinski definition) is 4. The maximum Gasteiger partial charge on any atom is 0.440 e. The number of urea groups is 1. The van der Waals surface area contributed by atoms with Gasteiger partial charge in [-0.2, -0.15) is 13.2 Å². The van der Waals surface area contributed by atoms with Crippen LogP contribution in [0.15, 0.2) is 47.1 Å². The fourth-order valence-electron chi connectivity index (χ4n) is 2.34. The molecule has 2 aromatic rings. The van der Waals surface area contributed by atoms with E-state index in [-0.39, 0.29) is 10.6 Å². The van der Waals surface area contributed by atoms with Crippen LogP contribution in [0.4, 0.5) is 28.0 Å². The third kappa shape index (κ3) is 2.66. The summed E-state index contributed by atoms with van der Waals surface area (Å²) in [5, 5.41) is 2.93. The van der Waals surface area contributed by atoms with Crippen LogP contribution in [-0.4, -0.2) is 29.7 Å². The standard InChI is InChI=1S/C15H9F4N3O4/c16-8-3-5-9(6-4-8)22-12(24)14(15(17,18)19,21-13(22)25)20-11(23)10-2-1-7-26-10/h1-7H,(H,20,23)(H,21,25)/t14-/m1/s1. The van der Waals surface area contributed by atoms with Crippen LogP contribution < -0.4 is 15.5 Å². The van der Waals surface area contributed by atoms with Crippen molar-refractivity contribution in [2.45, 2.75) is 11.8 Å². The highest BCUT2D eigenvalue weighted by Gasteiger charge is 2.69. The van der Waals surface area contributed by atoms with Crippen LogP contribution in [0.5, 0.6) is 0 Å². The van der Waals surface area contributed by atoms with Gasteiger partial charge in [0.25, 0.3) is 17.5 Å². The van der Waals surface area contributed by atoms with Crippen molar-refractivity contribution in [3.63, 3.8) is 0 Å². The SMILES string of the molecule is O=C(N[C@@]1(C(F)(F)F)NC(=O)N(c2ccc(F)cc2)C1=O)c1ccco1. The van der Waals surface area contributed by atoms with Crippen LogP contribution in [0.2, 0.25) is 0 Å². The second-order valence-corrected chi connectivity index (χ2v) is 5.23. The Hall–Kier alpha value is -3.37. The van der Waals surface area contributed by atoms with Gasteiger partial charge in [-0.05, 0) is 36.4 Å². The summed E-state index contributed by atoms with van der Waals surface area (Å²) in [6, 6.07) is 4.54. The van der Waals surface area contributed by atoms with Gasteiger partial charge in [0.1, 0.15) is 5.82 Å². The lowest BCUT2D eigenvalue weighted by Crippen LogP contribution is -2.69. The minimum Gasteiger partial charge on any atom is -0.459 e. The van der Waals surface area contributed by atoms with Gasteiger partial charge in [0.15, 0.2) is 5.76 Å². The summed E-state index contributed by atoms with van der Waals surface area (Å²) >= 11 is 0. The quantitative estimate of drug-likeness (QED) is 0.639. The number of halogens is 4. The first-order valence-corrected chi connectivity index (χ1v) is 7.01. The van der Waals surface area contributed by atoms with Gasteiger partial charge in [0.05, 0.1) is 12.0 Å². The van der Waals surface area contributed by atoms with E-state index < -0.39 is 41.3 Å². The van der Waals surface area contributed by atoms with Gasteiger partial charge < -0.3 is 9.73 Å². The zero-order valence-electron chi connectivity index (χ0n) is 12.6. The van der Waals surface area contributed by atoms with Crippen LogP contribution in [-0.2, 0) is 4.79 Å². The third-order valence-electron chi connectivity index (χ3n) is 3.58. The lowest BCUT2D eigenvalue weighted by molar-refractivity contribution is -0.197. The Bertz CT molecular complexity index is 864. The van der Waals surface area contributed by atoms with Gasteiger partial charge in [0.2, 0.25) is 0 Å². The Morgan fingerprint density at radius 1 is 1.15 bits per heavy atom. The summed E-state index contributed by atoms with van der Waals surface area (Å²) in [5.41, 5.74) is -3.99. The number of carbonyl (C=O) groups excluding carboxylic acids is 3. The number of nitrogens with one attached hydrogen (secondary N) is 2. The third-order valence-corrected chi connectivity index (χ3v) is 3.58. The highest BCUT2D eigenvalue weighted by molar-refractivity contribution is 6.24. The smallest absolute Gasteiger partial charge is 0.440 e. The number of nitrogens with zero attached hydrogens (tertiary/aromatic N) is 1. The maximum absolute atomic E-state index is 13.6. The first kappa shape index (κ1) is 17.5. The van der Waals surface area contributed by atoms with Gasteiger partial charge in [-0.15, -0.1) is 0 Å². The van der Waals surface area contributed by atoms with Crippen LogP contribution >= 0.6 is 0 Å². The van der Waals surface area contributed by atoms with Gasteiger partial charge >= 0.3 is 12.2 Å². The van der Waals surface area contributed by atoms with Crippen molar-refractivity contribution in [2.75, 3.05) is 4.90 Å². The molecule has 0 bridgehead atoms. The van der Waals surface area contributed by atoms with E-state index in [9.17, 15) is 31.9 Å². The molecule has 1 aromatic carbocycles. The normalized spacial score (nSPS) is 20.2. The number of anilines is 1. The summed E-state index contributed by atoms with van der Waals surface area (Å²) in [4.78, 5) is 36.6. The number of amides is 4. The first-order chi connectivity index (χ1) is 12.2. The number of rotatable bonds is 3. The molecule has 0 spiro atoms. The Balaban J connectivity index is 2.00. The number of carbonyl (C=O) groups is 3. The zero-order valence-corrected chi connectivity index (χ0v) is 12.6. The molecule has 1 atom stereocenters. The predicted octanol–water partition coefficient (Wildman–Crippen LogP) is 2.16. The Labute approximate surface area is 142 Å². The Morgan fingerprint density at radius 3 is 2.35 bits per heavy atom. The highest BCUT2D eigenvalue weighted by Crippen LogP contribution is 2.36. The minimum atomic E-state index is -5.36. The molecule has 0 radical (unpaired) electrons. The molecular formula is C15H9F4N3O4. The van der Waals surface area contributed by atoms with Crippen molar-refractivity contribution >= 4 is 23.5 Å². The maximum atomic E-state index is 13.6. The van der Waals surface area contributed by atoms with Crippen molar-refractivity contribution in [1.82, 2.24) is 10.6 Å². The molecule has 3 rings (SSSR count). The predicted molar refractivity (Wildman–Crippen MR) is 77.4 cm³/mol. The van der Waals surface area contributed by atoms with E-state index in [0.29, 0.717) is 0 Å². The van der Waals surface area contributed by atoms with Crippen molar-refractivity contribution in [2.24, 2.45) is 0 Å². The Morgan fingerprint density at radius 2 is 1.81 bits per heavy atom. The Kier molecular flexibility index (Phi) is 3.93. The molecular weight excluding hydrogens is 362 g/mol. The molecule has 0 aliphatic carbocycles. The van der Waals surface area contributed by atoms with Crippen molar-refractivity contribution < 1.29 is 36.4 Å². The van der Waals surface area contributed by atoms with Crippen LogP contribution in [0.1, 0.15) is 10.6 Å². The molecule has 1 aromatic heterocycles. The van der Waals surface area contributed by atoms with E-state index in [1.165, 1.54) is 16.7 Å².